The van der Waals surface area contributed by atoms with E-state index in [9.17, 15) is 19.5 Å². The second kappa shape index (κ2) is 9.36. The lowest BCUT2D eigenvalue weighted by Gasteiger charge is -2.20. The highest BCUT2D eigenvalue weighted by Crippen LogP contribution is 2.63. The van der Waals surface area contributed by atoms with E-state index in [2.05, 4.69) is 34.9 Å². The molecule has 3 aliphatic rings. The molecule has 0 radical (unpaired) electrons. The maximum absolute atomic E-state index is 12.6. The molecule has 3 N–H and O–H groups in total. The van der Waals surface area contributed by atoms with E-state index in [-0.39, 0.29) is 42.9 Å². The van der Waals surface area contributed by atoms with Crippen molar-refractivity contribution in [2.75, 3.05) is 6.61 Å². The summed E-state index contributed by atoms with van der Waals surface area (Å²) in [6, 6.07) is 16.2. The minimum Gasteiger partial charge on any atom is -0.481 e. The number of nitrogens with one attached hydrogen (secondary N) is 2. The van der Waals surface area contributed by atoms with Gasteiger partial charge in [0.05, 0.1) is 5.41 Å². The van der Waals surface area contributed by atoms with Gasteiger partial charge in [0, 0.05) is 24.4 Å². The molecular weight excluding hydrogens is 444 g/mol. The number of fused-ring (bicyclic) bond motifs is 4. The third kappa shape index (κ3) is 4.51. The molecule has 0 bridgehead atoms. The average Bonchev–Trinajstić information content (AvgIpc) is 3.29. The first kappa shape index (κ1) is 23.4. The lowest BCUT2D eigenvalue weighted by Crippen LogP contribution is -2.38. The van der Waals surface area contributed by atoms with Crippen LogP contribution in [0, 0.1) is 11.3 Å². The first-order chi connectivity index (χ1) is 16.9. The van der Waals surface area contributed by atoms with Crippen LogP contribution in [0.3, 0.4) is 0 Å². The predicted molar refractivity (Wildman–Crippen MR) is 131 cm³/mol. The van der Waals surface area contributed by atoms with Gasteiger partial charge in [-0.05, 0) is 60.3 Å². The molecule has 7 heteroatoms. The molecule has 0 spiro atoms. The number of alkyl carbamates (subject to hydrolysis) is 1. The van der Waals surface area contributed by atoms with Gasteiger partial charge in [0.15, 0.2) is 0 Å². The summed E-state index contributed by atoms with van der Waals surface area (Å²) in [6.07, 6.45) is 3.00. The van der Waals surface area contributed by atoms with Crippen LogP contribution < -0.4 is 10.6 Å². The first-order valence-electron chi connectivity index (χ1n) is 12.6. The Morgan fingerprint density at radius 1 is 1.06 bits per heavy atom. The van der Waals surface area contributed by atoms with Crippen molar-refractivity contribution in [3.63, 3.8) is 0 Å². The Morgan fingerprint density at radius 2 is 1.71 bits per heavy atom. The van der Waals surface area contributed by atoms with Crippen molar-refractivity contribution in [2.45, 2.75) is 63.5 Å². The maximum atomic E-state index is 12.6. The Morgan fingerprint density at radius 3 is 2.31 bits per heavy atom. The van der Waals surface area contributed by atoms with Crippen LogP contribution in [0.2, 0.25) is 0 Å². The van der Waals surface area contributed by atoms with Crippen molar-refractivity contribution in [3.05, 3.63) is 59.7 Å². The molecule has 3 aliphatic carbocycles. The Labute approximate surface area is 205 Å². The number of ether oxygens (including phenoxy) is 1. The van der Waals surface area contributed by atoms with Crippen LogP contribution in [0.4, 0.5) is 4.79 Å². The Bertz CT molecular complexity index is 1100. The zero-order valence-electron chi connectivity index (χ0n) is 20.0. The Balaban J connectivity index is 1.09. The van der Waals surface area contributed by atoms with Gasteiger partial charge >= 0.3 is 12.1 Å². The van der Waals surface area contributed by atoms with E-state index in [0.717, 1.165) is 12.8 Å². The van der Waals surface area contributed by atoms with Gasteiger partial charge in [-0.3, -0.25) is 9.59 Å². The first-order valence-corrected chi connectivity index (χ1v) is 12.6. The zero-order valence-corrected chi connectivity index (χ0v) is 20.0. The third-order valence-corrected chi connectivity index (χ3v) is 8.08. The van der Waals surface area contributed by atoms with Gasteiger partial charge in [0.2, 0.25) is 5.91 Å². The molecule has 2 saturated carbocycles. The second-order valence-electron chi connectivity index (χ2n) is 10.2. The van der Waals surface area contributed by atoms with E-state index < -0.39 is 17.5 Å². The molecule has 0 heterocycles. The minimum absolute atomic E-state index is 0.00530. The molecule has 7 nitrogen and oxygen atoms in total. The van der Waals surface area contributed by atoms with Crippen LogP contribution >= 0.6 is 0 Å². The van der Waals surface area contributed by atoms with Crippen molar-refractivity contribution in [2.24, 2.45) is 11.3 Å². The number of amides is 2. The van der Waals surface area contributed by atoms with Gasteiger partial charge < -0.3 is 20.5 Å². The molecule has 4 atom stereocenters. The van der Waals surface area contributed by atoms with Crippen LogP contribution in [-0.2, 0) is 14.3 Å². The van der Waals surface area contributed by atoms with E-state index in [1.165, 1.54) is 22.3 Å². The standard InChI is InChI=1S/C28H32N2O5/c1-2-18(11-12-25(31)29-19-13-17-14-28(17,15-19)26(32)33)30-27(34)35-16-24-22-9-5-3-7-20(22)21-8-4-6-10-23(21)24/h3-10,17-19,24H,2,11-16H2,1H3,(H,29,31)(H,30,34)(H,32,33). The highest BCUT2D eigenvalue weighted by atomic mass is 16.5. The van der Waals surface area contributed by atoms with Crippen molar-refractivity contribution < 1.29 is 24.2 Å². The van der Waals surface area contributed by atoms with Crippen LogP contribution in [0.1, 0.15) is 62.5 Å². The number of rotatable bonds is 9. The van der Waals surface area contributed by atoms with Crippen molar-refractivity contribution in [1.82, 2.24) is 10.6 Å². The third-order valence-electron chi connectivity index (χ3n) is 8.08. The molecule has 2 aromatic rings. The molecule has 2 amide bonds. The fraction of sp³-hybridized carbons (Fsp3) is 0.464. The molecule has 184 valence electrons. The highest BCUT2D eigenvalue weighted by molar-refractivity contribution is 5.81. The van der Waals surface area contributed by atoms with E-state index in [4.69, 9.17) is 4.74 Å². The molecule has 5 rings (SSSR count). The molecule has 2 aromatic carbocycles. The lowest BCUT2D eigenvalue weighted by molar-refractivity contribution is -0.143. The van der Waals surface area contributed by atoms with Gasteiger partial charge in [0.1, 0.15) is 6.61 Å². The summed E-state index contributed by atoms with van der Waals surface area (Å²) in [6.45, 7) is 2.22. The monoisotopic (exact) mass is 476 g/mol. The number of aliphatic carboxylic acids is 1. The number of carbonyl (C=O) groups excluding carboxylic acids is 2. The van der Waals surface area contributed by atoms with Gasteiger partial charge in [-0.1, -0.05) is 55.5 Å². The highest BCUT2D eigenvalue weighted by Gasteiger charge is 2.65. The van der Waals surface area contributed by atoms with Crippen LogP contribution in [-0.4, -0.2) is 41.8 Å². The zero-order chi connectivity index (χ0) is 24.6. The molecule has 0 aliphatic heterocycles. The molecule has 0 aromatic heterocycles. The molecule has 0 saturated heterocycles. The van der Waals surface area contributed by atoms with Crippen LogP contribution in [0.5, 0.6) is 0 Å². The van der Waals surface area contributed by atoms with Gasteiger partial charge in [0.25, 0.3) is 0 Å². The fourth-order valence-electron chi connectivity index (χ4n) is 6.06. The Hall–Kier alpha value is -3.35. The fourth-order valence-corrected chi connectivity index (χ4v) is 6.06. The summed E-state index contributed by atoms with van der Waals surface area (Å²) >= 11 is 0. The smallest absolute Gasteiger partial charge is 0.407 e. The molecule has 35 heavy (non-hydrogen) atoms. The predicted octanol–water partition coefficient (Wildman–Crippen LogP) is 4.45. The van der Waals surface area contributed by atoms with Crippen LogP contribution in [0.15, 0.2) is 48.5 Å². The minimum atomic E-state index is -0.738. The van der Waals surface area contributed by atoms with E-state index >= 15 is 0 Å². The molecular formula is C28H32N2O5. The summed E-state index contributed by atoms with van der Waals surface area (Å²) in [5.41, 5.74) is 4.10. The van der Waals surface area contributed by atoms with Crippen LogP contribution in [0.25, 0.3) is 11.1 Å². The second-order valence-corrected chi connectivity index (χ2v) is 10.2. The average molecular weight is 477 g/mol. The van der Waals surface area contributed by atoms with E-state index in [0.29, 0.717) is 19.3 Å². The summed E-state index contributed by atoms with van der Waals surface area (Å²) in [7, 11) is 0. The largest absolute Gasteiger partial charge is 0.481 e. The lowest BCUT2D eigenvalue weighted by atomic mass is 9.98. The normalized spacial score (nSPS) is 24.6. The van der Waals surface area contributed by atoms with E-state index in [1.54, 1.807) is 0 Å². The topological polar surface area (TPSA) is 105 Å². The SMILES string of the molecule is CCC(CCC(=O)NC1CC2CC2(C(=O)O)C1)NC(=O)OCC1c2ccccc2-c2ccccc21. The number of hydrogen-bond acceptors (Lipinski definition) is 4. The van der Waals surface area contributed by atoms with Gasteiger partial charge in [-0.2, -0.15) is 0 Å². The number of carboxylic acids is 1. The Kier molecular flexibility index (Phi) is 6.26. The van der Waals surface area contributed by atoms with Crippen molar-refractivity contribution in [1.29, 1.82) is 0 Å². The van der Waals surface area contributed by atoms with Gasteiger partial charge in [-0.15, -0.1) is 0 Å². The number of carbonyl (C=O) groups is 3. The van der Waals surface area contributed by atoms with Crippen molar-refractivity contribution in [3.8, 4) is 11.1 Å². The van der Waals surface area contributed by atoms with Gasteiger partial charge in [-0.25, -0.2) is 4.79 Å². The molecule has 2 fully saturated rings. The van der Waals surface area contributed by atoms with E-state index in [1.807, 2.05) is 31.2 Å². The number of hydrogen-bond donors (Lipinski definition) is 3. The molecule has 4 unspecified atom stereocenters. The summed E-state index contributed by atoms with van der Waals surface area (Å²) in [5.74, 6) is -0.628. The quantitative estimate of drug-likeness (QED) is 0.496. The number of carboxylic acid groups (broad SMARTS) is 1. The summed E-state index contributed by atoms with van der Waals surface area (Å²) < 4.78 is 5.63. The van der Waals surface area contributed by atoms with Crippen molar-refractivity contribution >= 4 is 18.0 Å². The maximum Gasteiger partial charge on any atom is 0.407 e. The number of benzene rings is 2. The summed E-state index contributed by atoms with van der Waals surface area (Å²) in [4.78, 5) is 36.4. The summed E-state index contributed by atoms with van der Waals surface area (Å²) in [5, 5.41) is 15.3.